The van der Waals surface area contributed by atoms with Crippen LogP contribution in [0.25, 0.3) is 16.7 Å². The van der Waals surface area contributed by atoms with Crippen LogP contribution in [0.5, 0.6) is 5.75 Å². The van der Waals surface area contributed by atoms with E-state index in [1.54, 1.807) is 13.0 Å². The van der Waals surface area contributed by atoms with E-state index < -0.39 is 11.8 Å². The van der Waals surface area contributed by atoms with Crippen LogP contribution in [0.4, 0.5) is 0 Å². The molecule has 0 radical (unpaired) electrons. The summed E-state index contributed by atoms with van der Waals surface area (Å²) >= 11 is 0. The zero-order chi connectivity index (χ0) is 25.2. The zero-order valence-electron chi connectivity index (χ0n) is 20.0. The fourth-order valence-corrected chi connectivity index (χ4v) is 4.34. The van der Waals surface area contributed by atoms with Gasteiger partial charge in [0.25, 0.3) is 0 Å². The van der Waals surface area contributed by atoms with Gasteiger partial charge in [-0.1, -0.05) is 86.6 Å². The average molecular weight is 476 g/mol. The molecule has 2 unspecified atom stereocenters. The predicted octanol–water partition coefficient (Wildman–Crippen LogP) is 6.10. The molecule has 4 aromatic carbocycles. The number of Topliss-reactive ketones (excluding diaryl/α,β-unsaturated/α-hetero) is 2. The Hall–Kier alpha value is -4.58. The number of rotatable bonds is 7. The minimum Gasteiger partial charge on any atom is -0.505 e. The standard InChI is InChI=1S/C30H25N3O3/c1-19(21-11-5-3-6-12-21)28(34)23-17-24(29(35)20(2)22-13-7-4-8-14-22)30(36)27(18-23)33-31-25-15-9-10-16-26(25)32-33/h3-20,36H,1-2H3. The second kappa shape index (κ2) is 9.58. The van der Waals surface area contributed by atoms with Crippen LogP contribution in [-0.2, 0) is 0 Å². The summed E-state index contributed by atoms with van der Waals surface area (Å²) in [6.45, 7) is 3.62. The highest BCUT2D eigenvalue weighted by Crippen LogP contribution is 2.34. The van der Waals surface area contributed by atoms with Gasteiger partial charge < -0.3 is 5.11 Å². The molecule has 5 rings (SSSR count). The molecule has 1 N–H and O–H groups in total. The van der Waals surface area contributed by atoms with E-state index in [2.05, 4.69) is 10.2 Å². The van der Waals surface area contributed by atoms with E-state index in [4.69, 9.17) is 0 Å². The second-order valence-electron chi connectivity index (χ2n) is 8.86. The molecule has 178 valence electrons. The first-order valence-corrected chi connectivity index (χ1v) is 11.8. The van der Waals surface area contributed by atoms with Crippen molar-refractivity contribution in [2.45, 2.75) is 25.7 Å². The first-order chi connectivity index (χ1) is 17.4. The van der Waals surface area contributed by atoms with Crippen molar-refractivity contribution in [1.82, 2.24) is 15.0 Å². The molecule has 2 atom stereocenters. The van der Waals surface area contributed by atoms with E-state index in [-0.39, 0.29) is 28.6 Å². The number of phenols is 1. The van der Waals surface area contributed by atoms with Gasteiger partial charge in [0.15, 0.2) is 17.3 Å². The Labute approximate surface area is 208 Å². The van der Waals surface area contributed by atoms with Crippen molar-refractivity contribution >= 4 is 22.6 Å². The smallest absolute Gasteiger partial charge is 0.173 e. The summed E-state index contributed by atoms with van der Waals surface area (Å²) in [5, 5.41) is 20.2. The number of phenolic OH excluding ortho intramolecular Hbond substituents is 1. The summed E-state index contributed by atoms with van der Waals surface area (Å²) in [6.07, 6.45) is 0. The zero-order valence-corrected chi connectivity index (χ0v) is 20.0. The normalized spacial score (nSPS) is 12.8. The lowest BCUT2D eigenvalue weighted by Crippen LogP contribution is -2.15. The van der Waals surface area contributed by atoms with Crippen molar-refractivity contribution in [3.05, 3.63) is 119 Å². The number of benzene rings is 4. The maximum Gasteiger partial charge on any atom is 0.173 e. The molecule has 0 bridgehead atoms. The van der Waals surface area contributed by atoms with Crippen LogP contribution in [0.3, 0.4) is 0 Å². The molecule has 0 saturated heterocycles. The third-order valence-electron chi connectivity index (χ3n) is 6.53. The number of aromatic nitrogens is 3. The minimum absolute atomic E-state index is 0.0637. The second-order valence-corrected chi connectivity index (χ2v) is 8.86. The molecule has 36 heavy (non-hydrogen) atoms. The molecule has 5 aromatic rings. The molecule has 0 saturated carbocycles. The quantitative estimate of drug-likeness (QED) is 0.288. The molecule has 0 aliphatic rings. The molecule has 0 amide bonds. The molecule has 0 spiro atoms. The topological polar surface area (TPSA) is 85.1 Å². The Morgan fingerprint density at radius 2 is 1.17 bits per heavy atom. The number of ketones is 2. The minimum atomic E-state index is -0.522. The highest BCUT2D eigenvalue weighted by molar-refractivity contribution is 6.08. The van der Waals surface area contributed by atoms with Gasteiger partial charge in [0.05, 0.1) is 5.56 Å². The summed E-state index contributed by atoms with van der Waals surface area (Å²) < 4.78 is 0. The molecule has 0 fully saturated rings. The van der Waals surface area contributed by atoms with Crippen LogP contribution < -0.4 is 0 Å². The number of fused-ring (bicyclic) bond motifs is 1. The van der Waals surface area contributed by atoms with Gasteiger partial charge in [-0.25, -0.2) is 0 Å². The van der Waals surface area contributed by atoms with Crippen molar-refractivity contribution in [3.63, 3.8) is 0 Å². The number of hydrogen-bond acceptors (Lipinski definition) is 5. The molecule has 0 aliphatic carbocycles. The Kier molecular flexibility index (Phi) is 6.17. The number of carbonyl (C=O) groups is 2. The summed E-state index contributed by atoms with van der Waals surface area (Å²) in [5.74, 6) is -1.68. The van der Waals surface area contributed by atoms with Crippen LogP contribution >= 0.6 is 0 Å². The van der Waals surface area contributed by atoms with Crippen molar-refractivity contribution in [1.29, 1.82) is 0 Å². The third kappa shape index (κ3) is 4.29. The highest BCUT2D eigenvalue weighted by Gasteiger charge is 2.27. The molecule has 1 heterocycles. The van der Waals surface area contributed by atoms with Gasteiger partial charge in [-0.05, 0) is 35.4 Å². The lowest BCUT2D eigenvalue weighted by molar-refractivity contribution is 0.0963. The maximum absolute atomic E-state index is 13.6. The first-order valence-electron chi connectivity index (χ1n) is 11.8. The lowest BCUT2D eigenvalue weighted by Gasteiger charge is -2.17. The van der Waals surface area contributed by atoms with Crippen LogP contribution in [0, 0.1) is 0 Å². The number of carbonyl (C=O) groups excluding carboxylic acids is 2. The van der Waals surface area contributed by atoms with E-state index >= 15 is 0 Å². The van der Waals surface area contributed by atoms with Gasteiger partial charge in [0.1, 0.15) is 16.7 Å². The largest absolute Gasteiger partial charge is 0.505 e. The van der Waals surface area contributed by atoms with Crippen molar-refractivity contribution in [2.75, 3.05) is 0 Å². The van der Waals surface area contributed by atoms with E-state index in [0.29, 0.717) is 16.6 Å². The predicted molar refractivity (Wildman–Crippen MR) is 139 cm³/mol. The number of nitrogens with zero attached hydrogens (tertiary/aromatic N) is 3. The fourth-order valence-electron chi connectivity index (χ4n) is 4.34. The molecule has 6 nitrogen and oxygen atoms in total. The first kappa shape index (κ1) is 23.2. The lowest BCUT2D eigenvalue weighted by atomic mass is 9.87. The number of hydrogen-bond donors (Lipinski definition) is 1. The van der Waals surface area contributed by atoms with Crippen LogP contribution in [0.15, 0.2) is 97.1 Å². The Morgan fingerprint density at radius 3 is 1.69 bits per heavy atom. The van der Waals surface area contributed by atoms with Gasteiger partial charge in [-0.3, -0.25) is 9.59 Å². The van der Waals surface area contributed by atoms with E-state index in [1.807, 2.05) is 91.9 Å². The number of aromatic hydroxyl groups is 1. The van der Waals surface area contributed by atoms with Gasteiger partial charge in [-0.15, -0.1) is 15.0 Å². The Morgan fingerprint density at radius 1 is 0.694 bits per heavy atom. The summed E-state index contributed by atoms with van der Waals surface area (Å²) in [5.41, 5.74) is 3.51. The van der Waals surface area contributed by atoms with Crippen molar-refractivity contribution in [2.24, 2.45) is 0 Å². The van der Waals surface area contributed by atoms with Crippen molar-refractivity contribution < 1.29 is 14.7 Å². The van der Waals surface area contributed by atoms with Crippen LogP contribution in [0.2, 0.25) is 0 Å². The fraction of sp³-hybridized carbons (Fsp3) is 0.133. The van der Waals surface area contributed by atoms with Crippen molar-refractivity contribution in [3.8, 4) is 11.4 Å². The molecule has 1 aromatic heterocycles. The van der Waals surface area contributed by atoms with Crippen LogP contribution in [0.1, 0.15) is 57.5 Å². The van der Waals surface area contributed by atoms with Gasteiger partial charge in [0, 0.05) is 17.4 Å². The Bertz CT molecular complexity index is 1530. The van der Waals surface area contributed by atoms with E-state index in [1.165, 1.54) is 10.9 Å². The molecular formula is C30H25N3O3. The van der Waals surface area contributed by atoms with E-state index in [9.17, 15) is 14.7 Å². The summed E-state index contributed by atoms with van der Waals surface area (Å²) in [4.78, 5) is 28.5. The average Bonchev–Trinajstić information content (AvgIpc) is 3.36. The molecule has 0 aliphatic heterocycles. The van der Waals surface area contributed by atoms with Gasteiger partial charge >= 0.3 is 0 Å². The summed E-state index contributed by atoms with van der Waals surface area (Å²) in [7, 11) is 0. The third-order valence-corrected chi connectivity index (χ3v) is 6.53. The summed E-state index contributed by atoms with van der Waals surface area (Å²) in [6, 6.07) is 29.2. The van der Waals surface area contributed by atoms with Gasteiger partial charge in [0.2, 0.25) is 0 Å². The monoisotopic (exact) mass is 475 g/mol. The highest BCUT2D eigenvalue weighted by atomic mass is 16.3. The maximum atomic E-state index is 13.6. The molecular weight excluding hydrogens is 450 g/mol. The SMILES string of the molecule is CC(C(=O)c1cc(C(=O)C(C)c2ccccc2)c(O)c(-n2nc3ccccc3n2)c1)c1ccccc1. The van der Waals surface area contributed by atoms with E-state index in [0.717, 1.165) is 11.1 Å². The Balaban J connectivity index is 1.65. The van der Waals surface area contributed by atoms with Crippen LogP contribution in [-0.4, -0.2) is 31.7 Å². The molecule has 6 heteroatoms. The van der Waals surface area contributed by atoms with Gasteiger partial charge in [-0.2, -0.15) is 0 Å².